The number of alkyl halides is 2. The van der Waals surface area contributed by atoms with Crippen LogP contribution in [0.5, 0.6) is 0 Å². The Balaban J connectivity index is 3.55. The fourth-order valence-electron chi connectivity index (χ4n) is 0.221. The van der Waals surface area contributed by atoms with E-state index in [1.54, 1.807) is 0 Å². The first kappa shape index (κ1) is 7.33. The minimum absolute atomic E-state index is 1.20. The van der Waals surface area contributed by atoms with Crippen LogP contribution in [0.15, 0.2) is 0 Å². The van der Waals surface area contributed by atoms with E-state index < -0.39 is 18.3 Å². The van der Waals surface area contributed by atoms with Gasteiger partial charge < -0.3 is 5.11 Å². The van der Waals surface area contributed by atoms with Gasteiger partial charge in [-0.2, -0.15) is 0 Å². The molecule has 4 heteroatoms. The summed E-state index contributed by atoms with van der Waals surface area (Å²) in [6.07, 6.45) is -1.20. The Labute approximate surface area is 45.1 Å². The molecule has 0 aliphatic heterocycles. The van der Waals surface area contributed by atoms with Crippen molar-refractivity contribution in [2.75, 3.05) is 0 Å². The zero-order valence-electron chi connectivity index (χ0n) is 4.03. The van der Waals surface area contributed by atoms with Gasteiger partial charge in [0.1, 0.15) is 6.42 Å². The molecule has 8 heavy (non-hydrogen) atoms. The average molecular weight is 123 g/mol. The molecule has 0 fully saturated rings. The summed E-state index contributed by atoms with van der Waals surface area (Å²) in [4.78, 5) is 9.49. The van der Waals surface area contributed by atoms with Gasteiger partial charge in [-0.3, -0.25) is 4.79 Å². The summed E-state index contributed by atoms with van der Waals surface area (Å²) in [5.41, 5.74) is 0. The zero-order chi connectivity index (χ0) is 6.78. The molecule has 0 rings (SSSR count). The van der Waals surface area contributed by atoms with Crippen LogP contribution in [-0.2, 0) is 4.79 Å². The van der Waals surface area contributed by atoms with E-state index in [0.29, 0.717) is 0 Å². The van der Waals surface area contributed by atoms with Crippen LogP contribution in [0.4, 0.5) is 8.78 Å². The molecular weight excluding hydrogens is 118 g/mol. The molecule has 0 spiro atoms. The highest BCUT2D eigenvalue weighted by Crippen LogP contribution is 2.14. The molecule has 1 radical (unpaired) electrons. The Morgan fingerprint density at radius 1 is 1.75 bits per heavy atom. The molecule has 1 N–H and O–H groups in total. The highest BCUT2D eigenvalue weighted by Gasteiger charge is 2.24. The van der Waals surface area contributed by atoms with Crippen molar-refractivity contribution in [3.05, 3.63) is 6.92 Å². The maximum absolute atomic E-state index is 11.5. The van der Waals surface area contributed by atoms with Gasteiger partial charge in [0.05, 0.1) is 0 Å². The van der Waals surface area contributed by atoms with Crippen molar-refractivity contribution < 1.29 is 18.7 Å². The summed E-state index contributed by atoms with van der Waals surface area (Å²) in [7, 11) is 0. The van der Waals surface area contributed by atoms with E-state index in [-0.39, 0.29) is 0 Å². The van der Waals surface area contributed by atoms with E-state index in [2.05, 4.69) is 6.92 Å². The van der Waals surface area contributed by atoms with Crippen molar-refractivity contribution in [2.45, 2.75) is 12.3 Å². The number of rotatable bonds is 2. The van der Waals surface area contributed by atoms with Gasteiger partial charge >= 0.3 is 5.97 Å². The van der Waals surface area contributed by atoms with Crippen molar-refractivity contribution in [1.82, 2.24) is 0 Å². The lowest BCUT2D eigenvalue weighted by Crippen LogP contribution is -2.15. The number of carboxylic acids is 1. The van der Waals surface area contributed by atoms with Crippen LogP contribution in [0.2, 0.25) is 0 Å². The topological polar surface area (TPSA) is 37.3 Å². The predicted molar refractivity (Wildman–Crippen MR) is 22.6 cm³/mol. The molecule has 0 aromatic carbocycles. The third-order valence-corrected chi connectivity index (χ3v) is 0.410. The van der Waals surface area contributed by atoms with Crippen LogP contribution < -0.4 is 0 Å². The summed E-state index contributed by atoms with van der Waals surface area (Å²) in [6, 6.07) is 0. The summed E-state index contributed by atoms with van der Waals surface area (Å²) in [6.45, 7) is 2.30. The first-order valence-corrected chi connectivity index (χ1v) is 1.87. The average Bonchev–Trinajstić information content (AvgIpc) is 1.21. The number of carbonyl (C=O) groups is 1. The van der Waals surface area contributed by atoms with Crippen LogP contribution in [0.25, 0.3) is 0 Å². The molecule has 0 atom stereocenters. The van der Waals surface area contributed by atoms with Crippen LogP contribution in [0.1, 0.15) is 6.42 Å². The lowest BCUT2D eigenvalue weighted by Gasteiger charge is -2.03. The Kier molecular flexibility index (Phi) is 1.89. The van der Waals surface area contributed by atoms with Gasteiger partial charge in [0.15, 0.2) is 0 Å². The molecule has 0 aromatic heterocycles. The van der Waals surface area contributed by atoms with Gasteiger partial charge in [0.25, 0.3) is 5.92 Å². The Hall–Kier alpha value is -0.670. The third-order valence-electron chi connectivity index (χ3n) is 0.410. The zero-order valence-corrected chi connectivity index (χ0v) is 4.03. The van der Waals surface area contributed by atoms with E-state index in [4.69, 9.17) is 5.11 Å². The summed E-state index contributed by atoms with van der Waals surface area (Å²) >= 11 is 0. The molecule has 0 amide bonds. The second-order valence-electron chi connectivity index (χ2n) is 1.43. The molecule has 0 unspecified atom stereocenters. The standard InChI is InChI=1S/C4H5F2O2/c1-4(5,6)2-3(7)8/h1-2H2,(H,7,8). The van der Waals surface area contributed by atoms with Gasteiger partial charge in [-0.05, 0) is 0 Å². The van der Waals surface area contributed by atoms with Crippen molar-refractivity contribution in [2.24, 2.45) is 0 Å². The van der Waals surface area contributed by atoms with Crippen molar-refractivity contribution in [3.8, 4) is 0 Å². The van der Waals surface area contributed by atoms with Gasteiger partial charge in [-0.1, -0.05) is 0 Å². The highest BCUT2D eigenvalue weighted by molar-refractivity contribution is 5.67. The fraction of sp³-hybridized carbons (Fsp3) is 0.500. The Morgan fingerprint density at radius 2 is 2.12 bits per heavy atom. The number of aliphatic carboxylic acids is 1. The monoisotopic (exact) mass is 123 g/mol. The van der Waals surface area contributed by atoms with E-state index >= 15 is 0 Å². The van der Waals surface area contributed by atoms with Crippen molar-refractivity contribution in [3.63, 3.8) is 0 Å². The maximum Gasteiger partial charge on any atom is 0.309 e. The van der Waals surface area contributed by atoms with E-state index in [1.165, 1.54) is 0 Å². The molecule has 0 aliphatic rings. The lowest BCUT2D eigenvalue weighted by molar-refractivity contribution is -0.142. The van der Waals surface area contributed by atoms with Crippen LogP contribution in [-0.4, -0.2) is 17.0 Å². The largest absolute Gasteiger partial charge is 0.481 e. The molecule has 0 heterocycles. The normalized spacial score (nSPS) is 11.4. The lowest BCUT2D eigenvalue weighted by atomic mass is 10.3. The van der Waals surface area contributed by atoms with Crippen LogP contribution >= 0.6 is 0 Å². The molecule has 0 bridgehead atoms. The SMILES string of the molecule is [CH2]C(F)(F)CC(=O)O. The molecule has 0 aromatic rings. The van der Waals surface area contributed by atoms with Crippen molar-refractivity contribution in [1.29, 1.82) is 0 Å². The van der Waals surface area contributed by atoms with E-state index in [1.807, 2.05) is 0 Å². The van der Waals surface area contributed by atoms with Gasteiger partial charge in [-0.25, -0.2) is 8.78 Å². The maximum atomic E-state index is 11.5. The number of hydrogen-bond acceptors (Lipinski definition) is 1. The Morgan fingerprint density at radius 3 is 2.12 bits per heavy atom. The van der Waals surface area contributed by atoms with Gasteiger partial charge in [0.2, 0.25) is 0 Å². The summed E-state index contributed by atoms with van der Waals surface area (Å²) < 4.78 is 23.0. The fourth-order valence-corrected chi connectivity index (χ4v) is 0.221. The van der Waals surface area contributed by atoms with E-state index in [0.717, 1.165) is 0 Å². The van der Waals surface area contributed by atoms with Gasteiger partial charge in [-0.15, -0.1) is 0 Å². The molecule has 47 valence electrons. The quantitative estimate of drug-likeness (QED) is 0.593. The molecule has 0 saturated heterocycles. The first-order valence-electron chi connectivity index (χ1n) is 1.87. The minimum atomic E-state index is -3.33. The minimum Gasteiger partial charge on any atom is -0.481 e. The van der Waals surface area contributed by atoms with Crippen molar-refractivity contribution >= 4 is 5.97 Å². The summed E-state index contributed by atoms with van der Waals surface area (Å²) in [5, 5.41) is 7.73. The first-order chi connectivity index (χ1) is 3.42. The molecular formula is C4H5F2O2. The van der Waals surface area contributed by atoms with Crippen LogP contribution in [0.3, 0.4) is 0 Å². The molecule has 0 saturated carbocycles. The smallest absolute Gasteiger partial charge is 0.309 e. The number of halogens is 2. The predicted octanol–water partition coefficient (Wildman–Crippen LogP) is 0.930. The highest BCUT2D eigenvalue weighted by atomic mass is 19.3. The number of hydrogen-bond donors (Lipinski definition) is 1. The second-order valence-corrected chi connectivity index (χ2v) is 1.43. The van der Waals surface area contributed by atoms with Gasteiger partial charge in [0, 0.05) is 6.92 Å². The molecule has 2 nitrogen and oxygen atoms in total. The number of carboxylic acid groups (broad SMARTS) is 1. The Bertz CT molecular complexity index is 94.7. The molecule has 0 aliphatic carbocycles. The van der Waals surface area contributed by atoms with E-state index in [9.17, 15) is 13.6 Å². The second kappa shape index (κ2) is 2.07. The summed E-state index contributed by atoms with van der Waals surface area (Å²) in [5.74, 6) is -4.86. The van der Waals surface area contributed by atoms with Crippen LogP contribution in [0, 0.1) is 6.92 Å². The third kappa shape index (κ3) is 5.33.